The Kier molecular flexibility index (Phi) is 5.68. The highest BCUT2D eigenvalue weighted by atomic mass is 19.4. The first-order valence-electron chi connectivity index (χ1n) is 8.33. The number of carbonyl (C=O) groups excluding carboxylic acids is 1. The number of nitrogens with zero attached hydrogens (tertiary/aromatic N) is 1. The second-order valence-corrected chi connectivity index (χ2v) is 6.14. The number of benzene rings is 2. The van der Waals surface area contributed by atoms with E-state index in [2.05, 4.69) is 10.3 Å². The lowest BCUT2D eigenvalue weighted by Gasteiger charge is -2.13. The van der Waals surface area contributed by atoms with Crippen molar-refractivity contribution < 1.29 is 35.9 Å². The van der Waals surface area contributed by atoms with E-state index in [0.717, 1.165) is 6.07 Å². The maximum absolute atomic E-state index is 14.0. The molecule has 2 aromatic carbocycles. The lowest BCUT2D eigenvalue weighted by atomic mass is 10.1. The van der Waals surface area contributed by atoms with Crippen molar-refractivity contribution in [2.45, 2.75) is 13.1 Å². The van der Waals surface area contributed by atoms with Crippen LogP contribution in [-0.4, -0.2) is 10.9 Å². The van der Waals surface area contributed by atoms with Gasteiger partial charge in [0.1, 0.15) is 34.3 Å². The second-order valence-electron chi connectivity index (χ2n) is 6.14. The minimum Gasteiger partial charge on any atom is -0.438 e. The fourth-order valence-electron chi connectivity index (χ4n) is 2.49. The van der Waals surface area contributed by atoms with E-state index in [1.54, 1.807) is 0 Å². The fraction of sp³-hybridized carbons (Fsp3) is 0.100. The van der Waals surface area contributed by atoms with E-state index in [-0.39, 0.29) is 23.1 Å². The zero-order valence-electron chi connectivity index (χ0n) is 15.2. The van der Waals surface area contributed by atoms with E-state index in [1.807, 2.05) is 0 Å². The second kappa shape index (κ2) is 8.05. The van der Waals surface area contributed by atoms with Gasteiger partial charge in [-0.05, 0) is 48.9 Å². The predicted molar refractivity (Wildman–Crippen MR) is 94.8 cm³/mol. The number of anilines is 1. The number of alkyl halides is 3. The quantitative estimate of drug-likeness (QED) is 0.531. The van der Waals surface area contributed by atoms with E-state index in [1.165, 1.54) is 37.3 Å². The minimum atomic E-state index is -4.89. The zero-order valence-corrected chi connectivity index (χ0v) is 15.2. The number of pyridine rings is 1. The molecule has 1 heterocycles. The lowest BCUT2D eigenvalue weighted by molar-refractivity contribution is -0.139. The van der Waals surface area contributed by atoms with Crippen molar-refractivity contribution >= 4 is 11.6 Å². The highest BCUT2D eigenvalue weighted by Gasteiger charge is 2.36. The van der Waals surface area contributed by atoms with E-state index in [4.69, 9.17) is 4.74 Å². The Morgan fingerprint density at radius 2 is 1.70 bits per heavy atom. The Morgan fingerprint density at radius 1 is 1.03 bits per heavy atom. The van der Waals surface area contributed by atoms with E-state index in [9.17, 15) is 31.1 Å². The number of carbonyl (C=O) groups is 1. The van der Waals surface area contributed by atoms with Crippen LogP contribution in [0.1, 0.15) is 21.5 Å². The van der Waals surface area contributed by atoms with Gasteiger partial charge in [0.15, 0.2) is 0 Å². The number of amides is 1. The number of ether oxygens (including phenoxy) is 1. The molecule has 4 nitrogen and oxygen atoms in total. The molecule has 0 radical (unpaired) electrons. The molecule has 0 fully saturated rings. The third-order valence-electron chi connectivity index (χ3n) is 3.96. The average molecular weight is 426 g/mol. The van der Waals surface area contributed by atoms with Crippen molar-refractivity contribution in [2.24, 2.45) is 0 Å². The average Bonchev–Trinajstić information content (AvgIpc) is 2.67. The normalized spacial score (nSPS) is 11.3. The molecular formula is C20H12F6N2O2. The maximum atomic E-state index is 14.0. The molecule has 1 aromatic heterocycles. The minimum absolute atomic E-state index is 0.0811. The summed E-state index contributed by atoms with van der Waals surface area (Å²) in [6.45, 7) is 1.37. The summed E-state index contributed by atoms with van der Waals surface area (Å²) in [5.41, 5.74) is -1.97. The lowest BCUT2D eigenvalue weighted by Crippen LogP contribution is -2.16. The van der Waals surface area contributed by atoms with Crippen molar-refractivity contribution in [3.8, 4) is 11.6 Å². The smallest absolute Gasteiger partial charge is 0.421 e. The van der Waals surface area contributed by atoms with E-state index < -0.39 is 46.5 Å². The molecule has 30 heavy (non-hydrogen) atoms. The molecule has 3 rings (SSSR count). The zero-order chi connectivity index (χ0) is 22.1. The molecule has 0 aliphatic heterocycles. The van der Waals surface area contributed by atoms with Crippen molar-refractivity contribution in [2.75, 3.05) is 5.32 Å². The monoisotopic (exact) mass is 426 g/mol. The van der Waals surface area contributed by atoms with Crippen LogP contribution in [0.2, 0.25) is 0 Å². The topological polar surface area (TPSA) is 51.2 Å². The first kappa shape index (κ1) is 21.2. The van der Waals surface area contributed by atoms with Gasteiger partial charge in [-0.15, -0.1) is 0 Å². The van der Waals surface area contributed by atoms with Gasteiger partial charge in [0.25, 0.3) is 5.91 Å². The molecule has 1 N–H and O–H groups in total. The number of hydrogen-bond acceptors (Lipinski definition) is 3. The molecule has 156 valence electrons. The number of halogens is 6. The van der Waals surface area contributed by atoms with Gasteiger partial charge < -0.3 is 10.1 Å². The maximum Gasteiger partial charge on any atom is 0.421 e. The van der Waals surface area contributed by atoms with Crippen LogP contribution in [-0.2, 0) is 6.18 Å². The van der Waals surface area contributed by atoms with Crippen LogP contribution < -0.4 is 10.1 Å². The van der Waals surface area contributed by atoms with Crippen LogP contribution in [0, 0.1) is 24.4 Å². The first-order chi connectivity index (χ1) is 14.1. The number of aryl methyl sites for hydroxylation is 1. The third-order valence-corrected chi connectivity index (χ3v) is 3.96. The summed E-state index contributed by atoms with van der Waals surface area (Å²) in [4.78, 5) is 15.5. The molecule has 10 heteroatoms. The van der Waals surface area contributed by atoms with Crippen LogP contribution in [0.4, 0.5) is 32.0 Å². The Hall–Kier alpha value is -3.56. The molecule has 0 atom stereocenters. The Balaban J connectivity index is 1.79. The molecule has 0 aliphatic carbocycles. The summed E-state index contributed by atoms with van der Waals surface area (Å²) in [5, 5.41) is 2.28. The number of aromatic nitrogens is 1. The number of nitrogens with one attached hydrogen (secondary N) is 1. The van der Waals surface area contributed by atoms with Gasteiger partial charge in [-0.3, -0.25) is 4.79 Å². The van der Waals surface area contributed by atoms with Gasteiger partial charge in [-0.2, -0.15) is 13.2 Å². The summed E-state index contributed by atoms with van der Waals surface area (Å²) < 4.78 is 85.0. The number of rotatable bonds is 4. The van der Waals surface area contributed by atoms with Crippen LogP contribution in [0.3, 0.4) is 0 Å². The van der Waals surface area contributed by atoms with Crippen LogP contribution in [0.5, 0.6) is 11.6 Å². The molecular weight excluding hydrogens is 414 g/mol. The summed E-state index contributed by atoms with van der Waals surface area (Å²) in [6, 6.07) is 7.28. The molecule has 1 amide bonds. The largest absolute Gasteiger partial charge is 0.438 e. The SMILES string of the molecule is Cc1ccc(F)c(C(=O)Nc2ccc(Oc3ncc(F)cc3C(F)(F)F)cc2)c1F. The molecule has 0 saturated heterocycles. The fourth-order valence-corrected chi connectivity index (χ4v) is 2.49. The van der Waals surface area contributed by atoms with Gasteiger partial charge in [-0.1, -0.05) is 6.07 Å². The van der Waals surface area contributed by atoms with Crippen LogP contribution >= 0.6 is 0 Å². The van der Waals surface area contributed by atoms with Gasteiger partial charge >= 0.3 is 6.18 Å². The third kappa shape index (κ3) is 4.53. The van der Waals surface area contributed by atoms with Crippen LogP contribution in [0.25, 0.3) is 0 Å². The van der Waals surface area contributed by atoms with E-state index in [0.29, 0.717) is 6.20 Å². The Morgan fingerprint density at radius 3 is 2.33 bits per heavy atom. The van der Waals surface area contributed by atoms with Crippen molar-refractivity contribution in [3.05, 3.63) is 82.8 Å². The summed E-state index contributed by atoms with van der Waals surface area (Å²) in [5.74, 6) is -5.22. The Bertz CT molecular complexity index is 1100. The van der Waals surface area contributed by atoms with Gasteiger partial charge in [0.2, 0.25) is 5.88 Å². The van der Waals surface area contributed by atoms with Crippen molar-refractivity contribution in [1.29, 1.82) is 0 Å². The summed E-state index contributed by atoms with van der Waals surface area (Å²) in [6.07, 6.45) is -4.32. The van der Waals surface area contributed by atoms with Crippen LogP contribution in [0.15, 0.2) is 48.7 Å². The Labute approximate surface area is 166 Å². The number of hydrogen-bond donors (Lipinski definition) is 1. The standard InChI is InChI=1S/C20H12F6N2O2/c1-10-2-7-15(22)16(17(10)23)18(29)28-12-3-5-13(6-4-12)30-19-14(20(24,25)26)8-11(21)9-27-19/h2-9H,1H3,(H,28,29). The highest BCUT2D eigenvalue weighted by Crippen LogP contribution is 2.37. The first-order valence-corrected chi connectivity index (χ1v) is 8.33. The molecule has 0 spiro atoms. The molecule has 0 aliphatic rings. The summed E-state index contributed by atoms with van der Waals surface area (Å²) in [7, 11) is 0. The van der Waals surface area contributed by atoms with Gasteiger partial charge in [0, 0.05) is 5.69 Å². The molecule has 0 unspecified atom stereocenters. The summed E-state index contributed by atoms with van der Waals surface area (Å²) >= 11 is 0. The van der Waals surface area contributed by atoms with Gasteiger partial charge in [0.05, 0.1) is 6.20 Å². The van der Waals surface area contributed by atoms with Crippen molar-refractivity contribution in [1.82, 2.24) is 4.98 Å². The molecule has 0 bridgehead atoms. The van der Waals surface area contributed by atoms with E-state index >= 15 is 0 Å². The van der Waals surface area contributed by atoms with Gasteiger partial charge in [-0.25, -0.2) is 18.2 Å². The highest BCUT2D eigenvalue weighted by molar-refractivity contribution is 6.04. The molecule has 3 aromatic rings. The van der Waals surface area contributed by atoms with Crippen molar-refractivity contribution in [3.63, 3.8) is 0 Å². The predicted octanol–water partition coefficient (Wildman–Crippen LogP) is 5.87. The molecule has 0 saturated carbocycles.